The summed E-state index contributed by atoms with van der Waals surface area (Å²) in [4.78, 5) is 20.7. The van der Waals surface area contributed by atoms with Crippen LogP contribution in [-0.4, -0.2) is 45.5 Å². The van der Waals surface area contributed by atoms with E-state index < -0.39 is 34.9 Å². The SMILES string of the molecule is O=C(O)c1cc(NCC(O)CO)ccc1[N+](=O)[O-]. The number of benzene rings is 1. The van der Waals surface area contributed by atoms with Crippen molar-refractivity contribution in [1.29, 1.82) is 0 Å². The lowest BCUT2D eigenvalue weighted by atomic mass is 10.1. The Kier molecular flexibility index (Phi) is 4.58. The minimum absolute atomic E-state index is 0.00731. The molecule has 0 amide bonds. The van der Waals surface area contributed by atoms with Crippen LogP contribution in [0.25, 0.3) is 0 Å². The molecular formula is C10H12N2O6. The molecule has 0 heterocycles. The first-order valence-electron chi connectivity index (χ1n) is 5.00. The maximum atomic E-state index is 10.9. The molecule has 0 saturated heterocycles. The van der Waals surface area contributed by atoms with Gasteiger partial charge in [0.05, 0.1) is 17.6 Å². The number of aliphatic hydroxyl groups excluding tert-OH is 2. The largest absolute Gasteiger partial charge is 0.477 e. The summed E-state index contributed by atoms with van der Waals surface area (Å²) in [5.41, 5.74) is -0.634. The van der Waals surface area contributed by atoms with Crippen LogP contribution < -0.4 is 5.32 Å². The number of hydrogen-bond acceptors (Lipinski definition) is 6. The van der Waals surface area contributed by atoms with Crippen LogP contribution in [0.2, 0.25) is 0 Å². The third kappa shape index (κ3) is 3.40. The smallest absolute Gasteiger partial charge is 0.342 e. The van der Waals surface area contributed by atoms with E-state index in [1.165, 1.54) is 6.07 Å². The number of aliphatic hydroxyl groups is 2. The van der Waals surface area contributed by atoms with E-state index in [4.69, 9.17) is 15.3 Å². The van der Waals surface area contributed by atoms with E-state index in [0.29, 0.717) is 5.69 Å². The number of anilines is 1. The normalized spacial score (nSPS) is 11.9. The predicted molar refractivity (Wildman–Crippen MR) is 61.6 cm³/mol. The number of aromatic carboxylic acids is 1. The molecule has 0 spiro atoms. The third-order valence-corrected chi connectivity index (χ3v) is 2.18. The molecule has 8 nitrogen and oxygen atoms in total. The maximum Gasteiger partial charge on any atom is 0.342 e. The van der Waals surface area contributed by atoms with Crippen LogP contribution in [0.15, 0.2) is 18.2 Å². The van der Waals surface area contributed by atoms with Crippen LogP contribution in [0.4, 0.5) is 11.4 Å². The molecule has 1 aromatic carbocycles. The molecule has 8 heteroatoms. The van der Waals surface area contributed by atoms with Crippen molar-refractivity contribution in [3.8, 4) is 0 Å². The fourth-order valence-corrected chi connectivity index (χ4v) is 1.28. The minimum atomic E-state index is -1.41. The molecule has 1 rings (SSSR count). The molecule has 0 aliphatic heterocycles. The molecule has 4 N–H and O–H groups in total. The molecule has 0 aliphatic rings. The summed E-state index contributed by atoms with van der Waals surface area (Å²) >= 11 is 0. The van der Waals surface area contributed by atoms with Gasteiger partial charge in [-0.1, -0.05) is 0 Å². The van der Waals surface area contributed by atoms with Crippen molar-refractivity contribution in [3.63, 3.8) is 0 Å². The van der Waals surface area contributed by atoms with E-state index in [1.54, 1.807) is 0 Å². The highest BCUT2D eigenvalue weighted by molar-refractivity contribution is 5.93. The summed E-state index contributed by atoms with van der Waals surface area (Å²) in [6.45, 7) is -0.431. The quantitative estimate of drug-likeness (QED) is 0.417. The fourth-order valence-electron chi connectivity index (χ4n) is 1.28. The molecule has 0 aromatic heterocycles. The Hall–Kier alpha value is -2.19. The summed E-state index contributed by atoms with van der Waals surface area (Å²) in [5.74, 6) is -1.41. The lowest BCUT2D eigenvalue weighted by molar-refractivity contribution is -0.385. The van der Waals surface area contributed by atoms with E-state index in [1.807, 2.05) is 0 Å². The standard InChI is InChI=1S/C10H12N2O6/c13-5-7(14)4-11-6-1-2-9(12(17)18)8(3-6)10(15)16/h1-3,7,11,13-14H,4-5H2,(H,15,16). The van der Waals surface area contributed by atoms with Gasteiger partial charge in [-0.15, -0.1) is 0 Å². The van der Waals surface area contributed by atoms with Crippen molar-refractivity contribution in [2.75, 3.05) is 18.5 Å². The number of rotatable bonds is 6. The van der Waals surface area contributed by atoms with Crippen molar-refractivity contribution in [1.82, 2.24) is 0 Å². The number of carbonyl (C=O) groups is 1. The van der Waals surface area contributed by atoms with Crippen LogP contribution in [0.1, 0.15) is 10.4 Å². The first-order valence-corrected chi connectivity index (χ1v) is 5.00. The number of carboxylic acid groups (broad SMARTS) is 1. The summed E-state index contributed by atoms with van der Waals surface area (Å²) in [6, 6.07) is 3.50. The number of nitro groups is 1. The molecule has 0 aliphatic carbocycles. The summed E-state index contributed by atoms with van der Waals surface area (Å²) in [5, 5.41) is 39.8. The second-order valence-electron chi connectivity index (χ2n) is 3.51. The predicted octanol–water partition coefficient (Wildman–Crippen LogP) is 0.0581. The van der Waals surface area contributed by atoms with Crippen LogP contribution in [-0.2, 0) is 0 Å². The van der Waals surface area contributed by atoms with Crippen molar-refractivity contribution >= 4 is 17.3 Å². The van der Waals surface area contributed by atoms with Gasteiger partial charge in [0.1, 0.15) is 5.56 Å². The van der Waals surface area contributed by atoms with Gasteiger partial charge in [-0.3, -0.25) is 10.1 Å². The first kappa shape index (κ1) is 13.9. The van der Waals surface area contributed by atoms with Gasteiger partial charge in [-0.05, 0) is 12.1 Å². The first-order chi connectivity index (χ1) is 8.45. The van der Waals surface area contributed by atoms with Gasteiger partial charge in [0.25, 0.3) is 5.69 Å². The highest BCUT2D eigenvalue weighted by atomic mass is 16.6. The molecule has 1 aromatic rings. The Labute approximate surface area is 102 Å². The molecule has 18 heavy (non-hydrogen) atoms. The molecular weight excluding hydrogens is 244 g/mol. The third-order valence-electron chi connectivity index (χ3n) is 2.18. The zero-order chi connectivity index (χ0) is 13.7. The van der Waals surface area contributed by atoms with Gasteiger partial charge in [-0.2, -0.15) is 0 Å². The topological polar surface area (TPSA) is 133 Å². The molecule has 0 fully saturated rings. The van der Waals surface area contributed by atoms with Crippen molar-refractivity contribution in [3.05, 3.63) is 33.9 Å². The minimum Gasteiger partial charge on any atom is -0.477 e. The number of nitrogens with one attached hydrogen (secondary N) is 1. The van der Waals surface area contributed by atoms with Crippen molar-refractivity contribution in [2.24, 2.45) is 0 Å². The summed E-state index contributed by atoms with van der Waals surface area (Å²) in [6.07, 6.45) is -0.992. The second kappa shape index (κ2) is 5.94. The molecule has 98 valence electrons. The van der Waals surface area contributed by atoms with Gasteiger partial charge in [0.15, 0.2) is 0 Å². The Morgan fingerprint density at radius 2 is 2.17 bits per heavy atom. The highest BCUT2D eigenvalue weighted by Gasteiger charge is 2.19. The van der Waals surface area contributed by atoms with Crippen molar-refractivity contribution < 1.29 is 25.0 Å². The van der Waals surface area contributed by atoms with Crippen LogP contribution >= 0.6 is 0 Å². The average Bonchev–Trinajstić information content (AvgIpc) is 2.35. The van der Waals surface area contributed by atoms with Crippen LogP contribution in [0.5, 0.6) is 0 Å². The Morgan fingerprint density at radius 1 is 1.50 bits per heavy atom. The van der Waals surface area contributed by atoms with E-state index in [9.17, 15) is 14.9 Å². The zero-order valence-electron chi connectivity index (χ0n) is 9.24. The molecule has 0 bridgehead atoms. The Morgan fingerprint density at radius 3 is 2.67 bits per heavy atom. The van der Waals surface area contributed by atoms with Crippen LogP contribution in [0, 0.1) is 10.1 Å². The van der Waals surface area contributed by atoms with Gasteiger partial charge < -0.3 is 20.6 Å². The maximum absolute atomic E-state index is 10.9. The summed E-state index contributed by atoms with van der Waals surface area (Å²) < 4.78 is 0. The molecule has 1 unspecified atom stereocenters. The molecule has 1 atom stereocenters. The van der Waals surface area contributed by atoms with E-state index in [2.05, 4.69) is 5.32 Å². The van der Waals surface area contributed by atoms with Crippen LogP contribution in [0.3, 0.4) is 0 Å². The monoisotopic (exact) mass is 256 g/mol. The van der Waals surface area contributed by atoms with E-state index in [0.717, 1.165) is 12.1 Å². The van der Waals surface area contributed by atoms with Gasteiger partial charge in [-0.25, -0.2) is 4.79 Å². The number of carboxylic acids is 1. The zero-order valence-corrected chi connectivity index (χ0v) is 9.24. The molecule has 0 saturated carbocycles. The lowest BCUT2D eigenvalue weighted by Crippen LogP contribution is -2.23. The van der Waals surface area contributed by atoms with E-state index in [-0.39, 0.29) is 6.54 Å². The second-order valence-corrected chi connectivity index (χ2v) is 3.51. The summed E-state index contributed by atoms with van der Waals surface area (Å²) in [7, 11) is 0. The number of nitro benzene ring substituents is 1. The fraction of sp³-hybridized carbons (Fsp3) is 0.300. The lowest BCUT2D eigenvalue weighted by Gasteiger charge is -2.10. The van der Waals surface area contributed by atoms with Gasteiger partial charge in [0, 0.05) is 18.3 Å². The van der Waals surface area contributed by atoms with E-state index >= 15 is 0 Å². The van der Waals surface area contributed by atoms with Gasteiger partial charge >= 0.3 is 5.97 Å². The Balaban J connectivity index is 2.93. The average molecular weight is 256 g/mol. The molecule has 0 radical (unpaired) electrons. The van der Waals surface area contributed by atoms with Crippen molar-refractivity contribution in [2.45, 2.75) is 6.10 Å². The number of nitrogens with zero attached hydrogens (tertiary/aromatic N) is 1. The Bertz CT molecular complexity index is 462. The van der Waals surface area contributed by atoms with Gasteiger partial charge in [0.2, 0.25) is 0 Å². The number of hydrogen-bond donors (Lipinski definition) is 4. The highest BCUT2D eigenvalue weighted by Crippen LogP contribution is 2.22.